The van der Waals surface area contributed by atoms with Crippen LogP contribution in [0.4, 0.5) is 0 Å². The molecule has 1 fully saturated rings. The molecule has 1 heterocycles. The number of methoxy groups -OCH3 is 2. The predicted octanol–water partition coefficient (Wildman–Crippen LogP) is 2.29. The lowest BCUT2D eigenvalue weighted by Gasteiger charge is -2.41. The van der Waals surface area contributed by atoms with Crippen molar-refractivity contribution in [3.63, 3.8) is 0 Å². The van der Waals surface area contributed by atoms with Gasteiger partial charge in [-0.15, -0.1) is 0 Å². The number of rotatable bonds is 5. The van der Waals surface area contributed by atoms with Crippen molar-refractivity contribution < 1.29 is 9.47 Å². The van der Waals surface area contributed by atoms with E-state index in [-0.39, 0.29) is 6.04 Å². The van der Waals surface area contributed by atoms with Crippen LogP contribution in [-0.2, 0) is 0 Å². The van der Waals surface area contributed by atoms with Crippen molar-refractivity contribution in [3.8, 4) is 17.6 Å². The Bertz CT molecular complexity index is 541. The fraction of sp³-hybridized carbons (Fsp3) is 0.588. The van der Waals surface area contributed by atoms with Gasteiger partial charge in [0.05, 0.1) is 20.3 Å². The van der Waals surface area contributed by atoms with Crippen molar-refractivity contribution in [2.75, 3.05) is 40.4 Å². The largest absolute Gasteiger partial charge is 0.497 e. The van der Waals surface area contributed by atoms with Crippen molar-refractivity contribution in [1.29, 1.82) is 5.26 Å². The number of nitrogens with zero attached hydrogens (tertiary/aromatic N) is 3. The minimum atomic E-state index is -0.290. The summed E-state index contributed by atoms with van der Waals surface area (Å²) < 4.78 is 10.7. The number of nitriles is 1. The average molecular weight is 303 g/mol. The zero-order valence-electron chi connectivity index (χ0n) is 13.9. The second-order valence-corrected chi connectivity index (χ2v) is 5.61. The third kappa shape index (κ3) is 3.34. The minimum absolute atomic E-state index is 0.290. The molecule has 0 amide bonds. The SMILES string of the molecule is CCN1CCN(C(C#N)c2ccc(OC)cc2OC)CC1C. The zero-order valence-corrected chi connectivity index (χ0v) is 13.9. The monoisotopic (exact) mass is 303 g/mol. The summed E-state index contributed by atoms with van der Waals surface area (Å²) in [4.78, 5) is 4.68. The standard InChI is InChI=1S/C17H25N3O2/c1-5-19-8-9-20(12-13(19)2)16(11-18)15-7-6-14(21-3)10-17(15)22-4/h6-7,10,13,16H,5,8-9,12H2,1-4H3. The summed E-state index contributed by atoms with van der Waals surface area (Å²) in [6, 6.07) is 8.26. The first-order valence-corrected chi connectivity index (χ1v) is 7.74. The van der Waals surface area contributed by atoms with Crippen molar-refractivity contribution in [2.45, 2.75) is 25.9 Å². The van der Waals surface area contributed by atoms with Gasteiger partial charge in [-0.1, -0.05) is 6.92 Å². The molecule has 1 saturated heterocycles. The van der Waals surface area contributed by atoms with Crippen LogP contribution in [-0.4, -0.2) is 56.2 Å². The molecule has 0 saturated carbocycles. The Kier molecular flexibility index (Phi) is 5.64. The van der Waals surface area contributed by atoms with Gasteiger partial charge in [0.15, 0.2) is 0 Å². The molecule has 1 aromatic carbocycles. The first-order valence-electron chi connectivity index (χ1n) is 7.74. The van der Waals surface area contributed by atoms with E-state index in [1.807, 2.05) is 18.2 Å². The summed E-state index contributed by atoms with van der Waals surface area (Å²) in [5, 5.41) is 9.70. The highest BCUT2D eigenvalue weighted by Crippen LogP contribution is 2.33. The van der Waals surface area contributed by atoms with Crippen LogP contribution < -0.4 is 9.47 Å². The molecule has 2 atom stereocenters. The highest BCUT2D eigenvalue weighted by atomic mass is 16.5. The Morgan fingerprint density at radius 2 is 2.09 bits per heavy atom. The molecular weight excluding hydrogens is 278 g/mol. The van der Waals surface area contributed by atoms with Gasteiger partial charge in [-0.05, 0) is 25.6 Å². The zero-order chi connectivity index (χ0) is 16.1. The van der Waals surface area contributed by atoms with Crippen molar-refractivity contribution >= 4 is 0 Å². The van der Waals surface area contributed by atoms with Crippen molar-refractivity contribution in [1.82, 2.24) is 9.80 Å². The fourth-order valence-corrected chi connectivity index (χ4v) is 3.12. The molecule has 0 N–H and O–H groups in total. The number of hydrogen-bond acceptors (Lipinski definition) is 5. The lowest BCUT2D eigenvalue weighted by atomic mass is 10.0. The molecule has 1 aliphatic heterocycles. The molecule has 5 heteroatoms. The summed E-state index contributed by atoms with van der Waals surface area (Å²) >= 11 is 0. The van der Waals surface area contributed by atoms with E-state index >= 15 is 0 Å². The van der Waals surface area contributed by atoms with Crippen LogP contribution in [0.5, 0.6) is 11.5 Å². The van der Waals surface area contributed by atoms with Gasteiger partial charge in [0.1, 0.15) is 17.5 Å². The van der Waals surface area contributed by atoms with Gasteiger partial charge in [0, 0.05) is 37.3 Å². The van der Waals surface area contributed by atoms with E-state index in [2.05, 4.69) is 29.7 Å². The maximum Gasteiger partial charge on any atom is 0.128 e. The molecule has 0 aromatic heterocycles. The molecule has 2 rings (SSSR count). The van der Waals surface area contributed by atoms with Gasteiger partial charge in [-0.2, -0.15) is 5.26 Å². The number of piperazine rings is 1. The molecule has 22 heavy (non-hydrogen) atoms. The Morgan fingerprint density at radius 3 is 2.64 bits per heavy atom. The van der Waals surface area contributed by atoms with E-state index in [9.17, 15) is 5.26 Å². The van der Waals surface area contributed by atoms with Gasteiger partial charge in [-0.25, -0.2) is 0 Å². The van der Waals surface area contributed by atoms with Gasteiger partial charge in [0.2, 0.25) is 0 Å². The fourth-order valence-electron chi connectivity index (χ4n) is 3.12. The summed E-state index contributed by atoms with van der Waals surface area (Å²) in [6.45, 7) is 8.23. The van der Waals surface area contributed by atoms with Crippen LogP contribution in [0.3, 0.4) is 0 Å². The lowest BCUT2D eigenvalue weighted by Crippen LogP contribution is -2.52. The van der Waals surface area contributed by atoms with E-state index in [0.717, 1.165) is 37.5 Å². The molecule has 2 unspecified atom stereocenters. The highest BCUT2D eigenvalue weighted by Gasteiger charge is 2.30. The molecular formula is C17H25N3O2. The maximum absolute atomic E-state index is 9.70. The van der Waals surface area contributed by atoms with Gasteiger partial charge >= 0.3 is 0 Å². The second-order valence-electron chi connectivity index (χ2n) is 5.61. The van der Waals surface area contributed by atoms with Crippen LogP contribution in [0.25, 0.3) is 0 Å². The Hall–Kier alpha value is -1.77. The van der Waals surface area contributed by atoms with Crippen LogP contribution in [0.2, 0.25) is 0 Å². The summed E-state index contributed by atoms with van der Waals surface area (Å²) in [6.07, 6.45) is 0. The summed E-state index contributed by atoms with van der Waals surface area (Å²) in [5.74, 6) is 1.44. The Labute approximate surface area is 133 Å². The first-order chi connectivity index (χ1) is 10.6. The molecule has 1 aliphatic rings. The summed E-state index contributed by atoms with van der Waals surface area (Å²) in [5.41, 5.74) is 0.906. The third-order valence-corrected chi connectivity index (χ3v) is 4.43. The van der Waals surface area contributed by atoms with Crippen molar-refractivity contribution in [2.24, 2.45) is 0 Å². The summed E-state index contributed by atoms with van der Waals surface area (Å²) in [7, 11) is 3.26. The van der Waals surface area contributed by atoms with Gasteiger partial charge < -0.3 is 9.47 Å². The molecule has 1 aromatic rings. The third-order valence-electron chi connectivity index (χ3n) is 4.43. The number of benzene rings is 1. The molecule has 0 bridgehead atoms. The topological polar surface area (TPSA) is 48.7 Å². The quantitative estimate of drug-likeness (QED) is 0.835. The van der Waals surface area contributed by atoms with E-state index in [0.29, 0.717) is 11.8 Å². The normalized spacial score (nSPS) is 21.1. The van der Waals surface area contributed by atoms with Crippen LogP contribution >= 0.6 is 0 Å². The Balaban J connectivity index is 2.24. The van der Waals surface area contributed by atoms with E-state index in [1.165, 1.54) is 0 Å². The Morgan fingerprint density at radius 1 is 1.32 bits per heavy atom. The molecule has 0 radical (unpaired) electrons. The van der Waals surface area contributed by atoms with Crippen molar-refractivity contribution in [3.05, 3.63) is 23.8 Å². The number of likely N-dealkylation sites (N-methyl/N-ethyl adjacent to an activating group) is 1. The number of ether oxygens (including phenoxy) is 2. The molecule has 5 nitrogen and oxygen atoms in total. The highest BCUT2D eigenvalue weighted by molar-refractivity contribution is 5.44. The van der Waals surface area contributed by atoms with Gasteiger partial charge in [0.25, 0.3) is 0 Å². The lowest BCUT2D eigenvalue weighted by molar-refractivity contribution is 0.0723. The predicted molar refractivity (Wildman–Crippen MR) is 86.2 cm³/mol. The van der Waals surface area contributed by atoms with E-state index in [4.69, 9.17) is 9.47 Å². The maximum atomic E-state index is 9.70. The van der Waals surface area contributed by atoms with Gasteiger partial charge in [-0.3, -0.25) is 9.80 Å². The van der Waals surface area contributed by atoms with Crippen LogP contribution in [0.15, 0.2) is 18.2 Å². The molecule has 0 spiro atoms. The molecule has 120 valence electrons. The van der Waals surface area contributed by atoms with E-state index < -0.39 is 0 Å². The van der Waals surface area contributed by atoms with E-state index in [1.54, 1.807) is 14.2 Å². The van der Waals surface area contributed by atoms with Crippen LogP contribution in [0, 0.1) is 11.3 Å². The molecule has 0 aliphatic carbocycles. The smallest absolute Gasteiger partial charge is 0.128 e. The first kappa shape index (κ1) is 16.6. The average Bonchev–Trinajstić information content (AvgIpc) is 2.56. The minimum Gasteiger partial charge on any atom is -0.497 e. The second kappa shape index (κ2) is 7.48. The number of hydrogen-bond donors (Lipinski definition) is 0. The van der Waals surface area contributed by atoms with Crippen LogP contribution in [0.1, 0.15) is 25.5 Å².